The first-order chi connectivity index (χ1) is 19.3. The van der Waals surface area contributed by atoms with Crippen LogP contribution < -0.4 is 4.74 Å². The van der Waals surface area contributed by atoms with Gasteiger partial charge in [-0.25, -0.2) is 9.97 Å². The van der Waals surface area contributed by atoms with Gasteiger partial charge in [0, 0.05) is 55.4 Å². The number of aromatic nitrogens is 3. The molecule has 0 bridgehead atoms. The minimum atomic E-state index is -0.0564. The molecule has 1 N–H and O–H groups in total. The summed E-state index contributed by atoms with van der Waals surface area (Å²) < 4.78 is 8.44. The summed E-state index contributed by atoms with van der Waals surface area (Å²) >= 11 is 0. The van der Waals surface area contributed by atoms with Gasteiger partial charge in [-0.05, 0) is 52.4 Å². The smallest absolute Gasteiger partial charge is 0.217 e. The number of nitrogens with zero attached hydrogens (tertiary/aromatic N) is 3. The zero-order chi connectivity index (χ0) is 27.6. The number of pyridine rings is 2. The third-order valence-corrected chi connectivity index (χ3v) is 7.54. The Morgan fingerprint density at radius 1 is 0.854 bits per heavy atom. The van der Waals surface area contributed by atoms with Crippen LogP contribution in [0.1, 0.15) is 31.9 Å². The fraction of sp³-hybridized carbons (Fsp3) is 0.143. The second kappa shape index (κ2) is 10.0. The van der Waals surface area contributed by atoms with Crippen LogP contribution in [0.3, 0.4) is 0 Å². The number of phenols is 1. The molecule has 0 saturated carbocycles. The Balaban J connectivity index is 0.00000302. The normalized spacial score (nSPS) is 11.8. The summed E-state index contributed by atoms with van der Waals surface area (Å²) in [7, 11) is 0. The molecule has 0 aliphatic carbocycles. The van der Waals surface area contributed by atoms with Gasteiger partial charge in [-0.1, -0.05) is 74.8 Å². The largest absolute Gasteiger partial charge is 0.506 e. The molecule has 41 heavy (non-hydrogen) atoms. The second-order valence-electron chi connectivity index (χ2n) is 11.3. The van der Waals surface area contributed by atoms with Gasteiger partial charge in [0.15, 0.2) is 0 Å². The maximum atomic E-state index is 10.4. The van der Waals surface area contributed by atoms with Crippen molar-refractivity contribution in [3.63, 3.8) is 0 Å². The number of hydrogen-bond donors (Lipinski definition) is 1. The van der Waals surface area contributed by atoms with E-state index in [9.17, 15) is 5.11 Å². The van der Waals surface area contributed by atoms with Crippen molar-refractivity contribution < 1.29 is 30.9 Å². The Kier molecular flexibility index (Phi) is 6.59. The van der Waals surface area contributed by atoms with Crippen molar-refractivity contribution in [3.8, 4) is 23.2 Å². The molecule has 0 atom stereocenters. The van der Waals surface area contributed by atoms with Gasteiger partial charge >= 0.3 is 0 Å². The fourth-order valence-corrected chi connectivity index (χ4v) is 5.63. The van der Waals surface area contributed by atoms with E-state index in [0.717, 1.165) is 44.0 Å². The summed E-state index contributed by atoms with van der Waals surface area (Å²) in [6.45, 7) is 8.71. The van der Waals surface area contributed by atoms with E-state index in [-0.39, 0.29) is 32.2 Å². The van der Waals surface area contributed by atoms with Crippen LogP contribution in [0.5, 0.6) is 17.4 Å². The molecule has 0 fully saturated rings. The van der Waals surface area contributed by atoms with Crippen LogP contribution in [0.2, 0.25) is 0 Å². The van der Waals surface area contributed by atoms with E-state index >= 15 is 0 Å². The van der Waals surface area contributed by atoms with Crippen LogP contribution in [0, 0.1) is 13.0 Å². The van der Waals surface area contributed by atoms with Crippen molar-refractivity contribution in [1.82, 2.24) is 14.5 Å². The Morgan fingerprint density at radius 2 is 1.63 bits per heavy atom. The van der Waals surface area contributed by atoms with E-state index in [1.807, 2.05) is 49.5 Å². The number of rotatable bonds is 3. The summed E-state index contributed by atoms with van der Waals surface area (Å²) in [5.41, 5.74) is 4.65. The summed E-state index contributed by atoms with van der Waals surface area (Å²) in [6.07, 6.45) is 1.92. The monoisotopic (exact) mass is 717 g/mol. The van der Waals surface area contributed by atoms with Crippen LogP contribution in [-0.2, 0) is 26.5 Å². The van der Waals surface area contributed by atoms with Crippen LogP contribution >= 0.6 is 0 Å². The molecule has 0 aliphatic rings. The van der Waals surface area contributed by atoms with Gasteiger partial charge in [0.25, 0.3) is 0 Å². The van der Waals surface area contributed by atoms with Gasteiger partial charge < -0.3 is 14.4 Å². The van der Waals surface area contributed by atoms with E-state index in [0.29, 0.717) is 17.1 Å². The maximum Gasteiger partial charge on any atom is 0.217 e. The molecule has 5 nitrogen and oxygen atoms in total. The van der Waals surface area contributed by atoms with E-state index in [1.165, 1.54) is 10.9 Å². The molecule has 7 rings (SSSR count). The molecule has 3 heterocycles. The molecule has 3 aromatic heterocycles. The molecule has 0 aliphatic heterocycles. The number of benzene rings is 4. The minimum absolute atomic E-state index is 0. The average molecular weight is 718 g/mol. The molecular weight excluding hydrogens is 689 g/mol. The summed E-state index contributed by atoms with van der Waals surface area (Å²) in [5.74, 6) is 1.89. The number of fused-ring (bicyclic) bond motifs is 5. The van der Waals surface area contributed by atoms with Crippen molar-refractivity contribution in [2.45, 2.75) is 33.1 Å². The van der Waals surface area contributed by atoms with Crippen molar-refractivity contribution in [2.75, 3.05) is 0 Å². The van der Waals surface area contributed by atoms with Crippen molar-refractivity contribution >= 4 is 43.5 Å². The van der Waals surface area contributed by atoms with Crippen LogP contribution in [0.25, 0.3) is 49.3 Å². The molecule has 0 spiro atoms. The van der Waals surface area contributed by atoms with Crippen molar-refractivity contribution in [3.05, 3.63) is 108 Å². The van der Waals surface area contributed by atoms with E-state index in [1.54, 1.807) is 6.07 Å². The molecule has 0 amide bonds. The van der Waals surface area contributed by atoms with E-state index < -0.39 is 0 Å². The van der Waals surface area contributed by atoms with Crippen molar-refractivity contribution in [1.29, 1.82) is 0 Å². The standard InChI is InChI=1S/C35H28N3O2.Pt/c1-21-17-32(37-34-25(21)11-7-14-30(34)39)40-24-15-16-26-29(19-24)38(28-13-8-12-27(33(26)28)35(2,3)4)31-18-22-9-5-6-10-23(22)20-36-31;/h5-18,20,39H,1-4H3;/q-1;. The Morgan fingerprint density at radius 3 is 2.44 bits per heavy atom. The Labute approximate surface area is 252 Å². The number of ether oxygens (including phenoxy) is 1. The third kappa shape index (κ3) is 4.55. The van der Waals surface area contributed by atoms with Gasteiger partial charge in [0.2, 0.25) is 5.88 Å². The number of phenolic OH excluding ortho intramolecular Hbond substituents is 1. The first-order valence-corrected chi connectivity index (χ1v) is 13.4. The van der Waals surface area contributed by atoms with Crippen molar-refractivity contribution in [2.24, 2.45) is 0 Å². The molecule has 0 unspecified atom stereocenters. The number of aromatic hydroxyl groups is 1. The van der Waals surface area contributed by atoms with Gasteiger partial charge in [-0.2, -0.15) is 6.07 Å². The molecule has 6 heteroatoms. The van der Waals surface area contributed by atoms with Gasteiger partial charge in [0.1, 0.15) is 17.1 Å². The summed E-state index contributed by atoms with van der Waals surface area (Å²) in [6, 6.07) is 31.7. The Bertz CT molecular complexity index is 2110. The zero-order valence-electron chi connectivity index (χ0n) is 23.2. The number of aryl methyl sites for hydroxylation is 1. The summed E-state index contributed by atoms with van der Waals surface area (Å²) in [5, 5.41) is 15.8. The maximum absolute atomic E-state index is 10.4. The van der Waals surface area contributed by atoms with Crippen LogP contribution in [-0.4, -0.2) is 19.6 Å². The van der Waals surface area contributed by atoms with Gasteiger partial charge in [-0.15, -0.1) is 17.5 Å². The molecule has 0 saturated heterocycles. The number of hydrogen-bond acceptors (Lipinski definition) is 4. The second-order valence-corrected chi connectivity index (χ2v) is 11.3. The number of para-hydroxylation sites is 1. The Hall–Kier alpha value is -4.21. The van der Waals surface area contributed by atoms with E-state index in [2.05, 4.69) is 78.9 Å². The predicted molar refractivity (Wildman–Crippen MR) is 162 cm³/mol. The first kappa shape index (κ1) is 27.0. The topological polar surface area (TPSA) is 60.2 Å². The minimum Gasteiger partial charge on any atom is -0.506 e. The molecular formula is C35H28N3O2Pt-. The zero-order valence-corrected chi connectivity index (χ0v) is 25.4. The first-order valence-electron chi connectivity index (χ1n) is 13.4. The third-order valence-electron chi connectivity index (χ3n) is 7.54. The molecule has 206 valence electrons. The van der Waals surface area contributed by atoms with Gasteiger partial charge in [0.05, 0.1) is 0 Å². The van der Waals surface area contributed by atoms with Crippen LogP contribution in [0.4, 0.5) is 0 Å². The molecule has 7 aromatic rings. The SMILES string of the molecule is Cc1cc(Oc2[c-]c3c(cc2)c2c(C(C)(C)C)cccc2n3-c2cc3ccccc3cn2)nc2c(O)cccc12.[Pt]. The fourth-order valence-electron chi connectivity index (χ4n) is 5.63. The quantitative estimate of drug-likeness (QED) is 0.186. The van der Waals surface area contributed by atoms with E-state index in [4.69, 9.17) is 9.72 Å². The molecule has 4 aromatic carbocycles. The predicted octanol–water partition coefficient (Wildman–Crippen LogP) is 8.78. The summed E-state index contributed by atoms with van der Waals surface area (Å²) in [4.78, 5) is 9.48. The van der Waals surface area contributed by atoms with Gasteiger partial charge in [-0.3, -0.25) is 0 Å². The molecule has 0 radical (unpaired) electrons. The van der Waals surface area contributed by atoms with Crippen LogP contribution in [0.15, 0.2) is 91.1 Å². The average Bonchev–Trinajstić information content (AvgIpc) is 3.26.